The second-order valence-corrected chi connectivity index (χ2v) is 8.25. The molecule has 6 heteroatoms. The van der Waals surface area contributed by atoms with Gasteiger partial charge in [-0.1, -0.05) is 30.3 Å². The summed E-state index contributed by atoms with van der Waals surface area (Å²) in [5, 5.41) is 6.05. The summed E-state index contributed by atoms with van der Waals surface area (Å²) in [6, 6.07) is 19.3. The van der Waals surface area contributed by atoms with E-state index < -0.39 is 0 Å². The van der Waals surface area contributed by atoms with Crippen LogP contribution in [0.5, 0.6) is 0 Å². The fourth-order valence-corrected chi connectivity index (χ4v) is 4.33. The molecule has 0 saturated carbocycles. The van der Waals surface area contributed by atoms with Crippen LogP contribution in [0.1, 0.15) is 36.8 Å². The van der Waals surface area contributed by atoms with Gasteiger partial charge in [0.25, 0.3) is 5.56 Å². The van der Waals surface area contributed by atoms with E-state index in [4.69, 9.17) is 9.40 Å². The summed E-state index contributed by atoms with van der Waals surface area (Å²) < 4.78 is 9.62. The van der Waals surface area contributed by atoms with E-state index in [1.165, 1.54) is 4.68 Å². The van der Waals surface area contributed by atoms with Crippen LogP contribution in [0.4, 0.5) is 0 Å². The highest BCUT2D eigenvalue weighted by Crippen LogP contribution is 2.27. The lowest BCUT2D eigenvalue weighted by atomic mass is 10.2. The van der Waals surface area contributed by atoms with Crippen LogP contribution in [0.2, 0.25) is 0 Å². The van der Waals surface area contributed by atoms with Crippen LogP contribution in [0.25, 0.3) is 33.5 Å². The zero-order valence-corrected chi connectivity index (χ0v) is 18.5. The highest BCUT2D eigenvalue weighted by Gasteiger charge is 2.17. The summed E-state index contributed by atoms with van der Waals surface area (Å²) in [5.74, 6) is 0.873. The van der Waals surface area contributed by atoms with Crippen molar-refractivity contribution in [2.75, 3.05) is 0 Å². The molecule has 3 heterocycles. The molecule has 0 bridgehead atoms. The van der Waals surface area contributed by atoms with Crippen LogP contribution in [0.3, 0.4) is 0 Å². The van der Waals surface area contributed by atoms with E-state index in [1.807, 2.05) is 48.5 Å². The average Bonchev–Trinajstić information content (AvgIpc) is 3.33. The summed E-state index contributed by atoms with van der Waals surface area (Å²) in [4.78, 5) is 18.1. The molecule has 3 aromatic heterocycles. The SMILES string of the molecule is Cc1cc(C=Nn2c(-c3cc4ccccc4o3)nc3ccccc3c2=O)c(C)n1C(C)C. The largest absolute Gasteiger partial charge is 0.453 e. The van der Waals surface area contributed by atoms with Gasteiger partial charge < -0.3 is 8.98 Å². The van der Waals surface area contributed by atoms with Gasteiger partial charge in [-0.3, -0.25) is 4.79 Å². The van der Waals surface area contributed by atoms with Crippen molar-refractivity contribution in [2.45, 2.75) is 33.7 Å². The molecule has 0 atom stereocenters. The summed E-state index contributed by atoms with van der Waals surface area (Å²) in [6.07, 6.45) is 1.73. The van der Waals surface area contributed by atoms with Gasteiger partial charge in [0, 0.05) is 28.4 Å². The third kappa shape index (κ3) is 3.24. The Kier molecular flexibility index (Phi) is 4.78. The highest BCUT2D eigenvalue weighted by molar-refractivity contribution is 5.85. The molecule has 0 saturated heterocycles. The number of benzene rings is 2. The third-order valence-corrected chi connectivity index (χ3v) is 5.75. The van der Waals surface area contributed by atoms with E-state index in [0.29, 0.717) is 28.5 Å². The lowest BCUT2D eigenvalue weighted by molar-refractivity contribution is 0.574. The summed E-state index contributed by atoms with van der Waals surface area (Å²) in [6.45, 7) is 8.44. The molecule has 5 aromatic rings. The van der Waals surface area contributed by atoms with E-state index >= 15 is 0 Å². The number of aromatic nitrogens is 3. The van der Waals surface area contributed by atoms with Crippen LogP contribution in [-0.2, 0) is 0 Å². The van der Waals surface area contributed by atoms with Crippen molar-refractivity contribution in [2.24, 2.45) is 5.10 Å². The number of fused-ring (bicyclic) bond motifs is 2. The molecule has 2 aromatic carbocycles. The Labute approximate surface area is 185 Å². The zero-order chi connectivity index (χ0) is 22.4. The Morgan fingerprint density at radius 1 is 1.03 bits per heavy atom. The quantitative estimate of drug-likeness (QED) is 0.348. The molecule has 0 spiro atoms. The van der Waals surface area contributed by atoms with Gasteiger partial charge in [-0.05, 0) is 58.0 Å². The van der Waals surface area contributed by atoms with Gasteiger partial charge in [0.1, 0.15) is 5.58 Å². The van der Waals surface area contributed by atoms with Crippen molar-refractivity contribution in [3.05, 3.63) is 88.0 Å². The molecule has 0 N–H and O–H groups in total. The van der Waals surface area contributed by atoms with Crippen LogP contribution in [-0.4, -0.2) is 20.4 Å². The Morgan fingerprint density at radius 3 is 2.53 bits per heavy atom. The number of hydrogen-bond donors (Lipinski definition) is 0. The molecule has 0 radical (unpaired) electrons. The zero-order valence-electron chi connectivity index (χ0n) is 18.5. The molecule has 0 fully saturated rings. The van der Waals surface area contributed by atoms with Crippen molar-refractivity contribution >= 4 is 28.1 Å². The van der Waals surface area contributed by atoms with E-state index in [1.54, 1.807) is 12.3 Å². The van der Waals surface area contributed by atoms with Gasteiger partial charge in [-0.15, -0.1) is 0 Å². The van der Waals surface area contributed by atoms with Gasteiger partial charge in [0.15, 0.2) is 5.76 Å². The van der Waals surface area contributed by atoms with Crippen molar-refractivity contribution in [3.8, 4) is 11.6 Å². The Hall–Kier alpha value is -3.93. The van der Waals surface area contributed by atoms with Crippen LogP contribution < -0.4 is 5.56 Å². The van der Waals surface area contributed by atoms with E-state index in [-0.39, 0.29) is 5.56 Å². The van der Waals surface area contributed by atoms with Gasteiger partial charge in [0.05, 0.1) is 17.1 Å². The summed E-state index contributed by atoms with van der Waals surface area (Å²) in [7, 11) is 0. The van der Waals surface area contributed by atoms with Crippen LogP contribution >= 0.6 is 0 Å². The van der Waals surface area contributed by atoms with E-state index in [0.717, 1.165) is 27.9 Å². The maximum absolute atomic E-state index is 13.4. The Balaban J connectivity index is 1.72. The topological polar surface area (TPSA) is 65.3 Å². The molecular weight excluding hydrogens is 400 g/mol. The van der Waals surface area contributed by atoms with Crippen molar-refractivity contribution in [1.29, 1.82) is 0 Å². The summed E-state index contributed by atoms with van der Waals surface area (Å²) >= 11 is 0. The molecule has 32 heavy (non-hydrogen) atoms. The van der Waals surface area contributed by atoms with Crippen LogP contribution in [0, 0.1) is 13.8 Å². The molecule has 0 unspecified atom stereocenters. The van der Waals surface area contributed by atoms with E-state index in [9.17, 15) is 4.79 Å². The molecule has 160 valence electrons. The maximum Gasteiger partial charge on any atom is 0.282 e. The second-order valence-electron chi connectivity index (χ2n) is 8.25. The predicted molar refractivity (Wildman–Crippen MR) is 128 cm³/mol. The first-order valence-electron chi connectivity index (χ1n) is 10.7. The van der Waals surface area contributed by atoms with Gasteiger partial charge in [-0.25, -0.2) is 4.98 Å². The van der Waals surface area contributed by atoms with Crippen LogP contribution in [0.15, 0.2) is 75.0 Å². The monoisotopic (exact) mass is 424 g/mol. The molecule has 0 aliphatic heterocycles. The minimum absolute atomic E-state index is 0.236. The highest BCUT2D eigenvalue weighted by atomic mass is 16.3. The minimum Gasteiger partial charge on any atom is -0.453 e. The van der Waals surface area contributed by atoms with Gasteiger partial charge in [0.2, 0.25) is 5.82 Å². The normalized spacial score (nSPS) is 12.0. The molecule has 0 aliphatic carbocycles. The molecular formula is C26H24N4O2. The first-order chi connectivity index (χ1) is 15.4. The number of rotatable bonds is 4. The number of aryl methyl sites for hydroxylation is 1. The lowest BCUT2D eigenvalue weighted by Gasteiger charge is -2.13. The number of hydrogen-bond acceptors (Lipinski definition) is 4. The Morgan fingerprint density at radius 2 is 1.78 bits per heavy atom. The second kappa shape index (κ2) is 7.64. The smallest absolute Gasteiger partial charge is 0.282 e. The molecule has 6 nitrogen and oxygen atoms in total. The van der Waals surface area contributed by atoms with Gasteiger partial charge >= 0.3 is 0 Å². The van der Waals surface area contributed by atoms with Crippen molar-refractivity contribution in [1.82, 2.24) is 14.2 Å². The third-order valence-electron chi connectivity index (χ3n) is 5.75. The summed E-state index contributed by atoms with van der Waals surface area (Å²) in [5.41, 5.74) is 4.33. The molecule has 0 amide bonds. The number of nitrogens with zero attached hydrogens (tertiary/aromatic N) is 4. The molecule has 0 aliphatic rings. The number of furan rings is 1. The lowest BCUT2D eigenvalue weighted by Crippen LogP contribution is -2.20. The minimum atomic E-state index is -0.236. The fraction of sp³-hybridized carbons (Fsp3) is 0.192. The fourth-order valence-electron chi connectivity index (χ4n) is 4.33. The number of para-hydroxylation sites is 2. The predicted octanol–water partition coefficient (Wildman–Crippen LogP) is 5.69. The Bertz CT molecular complexity index is 1520. The standard InChI is InChI=1S/C26H24N4O2/c1-16(2)29-17(3)13-20(18(29)4)15-27-30-25(24-14-19-9-5-8-12-23(19)32-24)28-22-11-7-6-10-21(22)26(30)31/h5-16H,1-4H3. The first-order valence-corrected chi connectivity index (χ1v) is 10.7. The van der Waals surface area contributed by atoms with Gasteiger partial charge in [-0.2, -0.15) is 9.78 Å². The average molecular weight is 425 g/mol. The maximum atomic E-state index is 13.4. The first kappa shape index (κ1) is 20.0. The van der Waals surface area contributed by atoms with Crippen molar-refractivity contribution in [3.63, 3.8) is 0 Å². The van der Waals surface area contributed by atoms with E-state index in [2.05, 4.69) is 43.4 Å². The van der Waals surface area contributed by atoms with Crippen molar-refractivity contribution < 1.29 is 4.42 Å². The molecule has 5 rings (SSSR count).